The molecule has 1 aromatic rings. The van der Waals surface area contributed by atoms with E-state index in [-0.39, 0.29) is 11.8 Å². The van der Waals surface area contributed by atoms with Gasteiger partial charge in [-0.15, -0.1) is 0 Å². The van der Waals surface area contributed by atoms with Gasteiger partial charge in [0.1, 0.15) is 0 Å². The third-order valence-electron chi connectivity index (χ3n) is 5.66. The zero-order chi connectivity index (χ0) is 17.2. The van der Waals surface area contributed by atoms with Gasteiger partial charge in [-0.05, 0) is 31.4 Å². The summed E-state index contributed by atoms with van der Waals surface area (Å²) < 4.78 is 0. The van der Waals surface area contributed by atoms with Crippen LogP contribution in [0.4, 0.5) is 0 Å². The highest BCUT2D eigenvalue weighted by Gasteiger charge is 2.39. The number of aliphatic hydroxyl groups is 1. The number of amides is 1. The van der Waals surface area contributed by atoms with E-state index in [9.17, 15) is 9.90 Å². The summed E-state index contributed by atoms with van der Waals surface area (Å²) in [7, 11) is 2.08. The quantitative estimate of drug-likeness (QED) is 0.902. The SMILES string of the molecule is C[C@H]1CN(C)C[C@@H]1C(=O)N(Cc1ccccc1)CC1(O)CCCC1. The molecule has 0 aromatic heterocycles. The molecule has 132 valence electrons. The van der Waals surface area contributed by atoms with Gasteiger partial charge in [0.15, 0.2) is 0 Å². The van der Waals surface area contributed by atoms with Crippen LogP contribution in [-0.2, 0) is 11.3 Å². The van der Waals surface area contributed by atoms with E-state index >= 15 is 0 Å². The molecular weight excluding hydrogens is 300 g/mol. The van der Waals surface area contributed by atoms with Crippen LogP contribution in [0.3, 0.4) is 0 Å². The van der Waals surface area contributed by atoms with Crippen molar-refractivity contribution < 1.29 is 9.90 Å². The van der Waals surface area contributed by atoms with Gasteiger partial charge in [0.2, 0.25) is 5.91 Å². The second-order valence-corrected chi connectivity index (χ2v) is 7.92. The number of nitrogens with zero attached hydrogens (tertiary/aromatic N) is 2. The number of hydrogen-bond donors (Lipinski definition) is 1. The Morgan fingerprint density at radius 1 is 1.25 bits per heavy atom. The van der Waals surface area contributed by atoms with Crippen LogP contribution in [-0.4, -0.2) is 53.1 Å². The third-order valence-corrected chi connectivity index (χ3v) is 5.66. The Hall–Kier alpha value is -1.39. The van der Waals surface area contributed by atoms with Crippen molar-refractivity contribution in [2.45, 2.75) is 44.8 Å². The maximum atomic E-state index is 13.2. The predicted octanol–water partition coefficient (Wildman–Crippen LogP) is 2.52. The van der Waals surface area contributed by atoms with Gasteiger partial charge < -0.3 is 14.9 Å². The Bertz CT molecular complexity index is 554. The van der Waals surface area contributed by atoms with Crippen LogP contribution in [0.15, 0.2) is 30.3 Å². The third kappa shape index (κ3) is 3.98. The molecule has 1 N–H and O–H groups in total. The summed E-state index contributed by atoms with van der Waals surface area (Å²) in [6, 6.07) is 10.1. The van der Waals surface area contributed by atoms with Crippen LogP contribution >= 0.6 is 0 Å². The van der Waals surface area contributed by atoms with Crippen molar-refractivity contribution in [2.75, 3.05) is 26.7 Å². The van der Waals surface area contributed by atoms with Gasteiger partial charge in [-0.2, -0.15) is 0 Å². The van der Waals surface area contributed by atoms with Crippen LogP contribution in [0.5, 0.6) is 0 Å². The van der Waals surface area contributed by atoms with Crippen molar-refractivity contribution >= 4 is 5.91 Å². The molecule has 1 saturated carbocycles. The van der Waals surface area contributed by atoms with Crippen LogP contribution in [0.25, 0.3) is 0 Å². The second kappa shape index (κ2) is 7.24. The summed E-state index contributed by atoms with van der Waals surface area (Å²) in [5.74, 6) is 0.624. The largest absolute Gasteiger partial charge is 0.388 e. The highest BCUT2D eigenvalue weighted by atomic mass is 16.3. The van der Waals surface area contributed by atoms with Crippen molar-refractivity contribution in [3.8, 4) is 0 Å². The number of likely N-dealkylation sites (tertiary alicyclic amines) is 1. The zero-order valence-electron chi connectivity index (χ0n) is 14.9. The van der Waals surface area contributed by atoms with Gasteiger partial charge in [-0.3, -0.25) is 4.79 Å². The molecule has 1 heterocycles. The molecule has 1 aliphatic carbocycles. The minimum Gasteiger partial charge on any atom is -0.388 e. The van der Waals surface area contributed by atoms with E-state index in [0.717, 1.165) is 44.3 Å². The van der Waals surface area contributed by atoms with Crippen molar-refractivity contribution in [1.29, 1.82) is 0 Å². The molecule has 3 rings (SSSR count). The molecule has 0 unspecified atom stereocenters. The van der Waals surface area contributed by atoms with Crippen molar-refractivity contribution in [3.63, 3.8) is 0 Å². The van der Waals surface area contributed by atoms with E-state index in [4.69, 9.17) is 0 Å². The van der Waals surface area contributed by atoms with Gasteiger partial charge in [0.25, 0.3) is 0 Å². The molecule has 1 amide bonds. The summed E-state index contributed by atoms with van der Waals surface area (Å²) in [5, 5.41) is 10.8. The molecule has 2 fully saturated rings. The lowest BCUT2D eigenvalue weighted by Gasteiger charge is -2.34. The average molecular weight is 330 g/mol. The fourth-order valence-electron chi connectivity index (χ4n) is 4.33. The summed E-state index contributed by atoms with van der Waals surface area (Å²) >= 11 is 0. The van der Waals surface area contributed by atoms with E-state index in [1.165, 1.54) is 0 Å². The zero-order valence-corrected chi connectivity index (χ0v) is 14.9. The van der Waals surface area contributed by atoms with Gasteiger partial charge in [0, 0.05) is 26.2 Å². The molecule has 0 spiro atoms. The lowest BCUT2D eigenvalue weighted by Crippen LogP contribution is -2.47. The van der Waals surface area contributed by atoms with Crippen LogP contribution in [0, 0.1) is 11.8 Å². The van der Waals surface area contributed by atoms with Crippen molar-refractivity contribution in [3.05, 3.63) is 35.9 Å². The van der Waals surface area contributed by atoms with E-state index in [1.54, 1.807) is 0 Å². The molecule has 0 bridgehead atoms. The molecule has 1 saturated heterocycles. The number of carbonyl (C=O) groups excluding carboxylic acids is 1. The van der Waals surface area contributed by atoms with E-state index < -0.39 is 5.60 Å². The minimum atomic E-state index is -0.696. The molecule has 2 aliphatic rings. The second-order valence-electron chi connectivity index (χ2n) is 7.92. The van der Waals surface area contributed by atoms with Gasteiger partial charge in [-0.1, -0.05) is 50.1 Å². The Kier molecular flexibility index (Phi) is 5.26. The van der Waals surface area contributed by atoms with E-state index in [0.29, 0.717) is 19.0 Å². The standard InChI is InChI=1S/C20H30N2O2/c1-16-12-21(2)14-18(16)19(23)22(13-17-8-4-3-5-9-17)15-20(24)10-6-7-11-20/h3-5,8-9,16,18,24H,6-7,10-15H2,1-2H3/t16-,18-/m0/s1. The van der Waals surface area contributed by atoms with Gasteiger partial charge in [0.05, 0.1) is 11.5 Å². The number of hydrogen-bond acceptors (Lipinski definition) is 3. The average Bonchev–Trinajstić information content (AvgIpc) is 3.12. The van der Waals surface area contributed by atoms with Crippen LogP contribution in [0.2, 0.25) is 0 Å². The highest BCUT2D eigenvalue weighted by Crippen LogP contribution is 2.32. The van der Waals surface area contributed by atoms with Gasteiger partial charge in [-0.25, -0.2) is 0 Å². The first-order valence-electron chi connectivity index (χ1n) is 9.20. The summed E-state index contributed by atoms with van der Waals surface area (Å²) in [5.41, 5.74) is 0.435. The van der Waals surface area contributed by atoms with E-state index in [2.05, 4.69) is 31.0 Å². The highest BCUT2D eigenvalue weighted by molar-refractivity contribution is 5.80. The molecular formula is C20H30N2O2. The molecule has 0 radical (unpaired) electrons. The lowest BCUT2D eigenvalue weighted by atomic mass is 9.94. The first kappa shape index (κ1) is 17.4. The van der Waals surface area contributed by atoms with Gasteiger partial charge >= 0.3 is 0 Å². The first-order valence-corrected chi connectivity index (χ1v) is 9.20. The fraction of sp³-hybridized carbons (Fsp3) is 0.650. The van der Waals surface area contributed by atoms with E-state index in [1.807, 2.05) is 23.1 Å². The number of rotatable bonds is 5. The Morgan fingerprint density at radius 3 is 2.50 bits per heavy atom. The summed E-state index contributed by atoms with van der Waals surface area (Å²) in [6.07, 6.45) is 3.75. The molecule has 1 aliphatic heterocycles. The fourth-order valence-corrected chi connectivity index (χ4v) is 4.33. The smallest absolute Gasteiger partial charge is 0.227 e. The first-order chi connectivity index (χ1) is 11.5. The van der Waals surface area contributed by atoms with Crippen LogP contribution in [0.1, 0.15) is 38.2 Å². The molecule has 24 heavy (non-hydrogen) atoms. The Morgan fingerprint density at radius 2 is 1.92 bits per heavy atom. The minimum absolute atomic E-state index is 0.0451. The Balaban J connectivity index is 1.77. The Labute approximate surface area is 145 Å². The predicted molar refractivity (Wildman–Crippen MR) is 95.4 cm³/mol. The monoisotopic (exact) mass is 330 g/mol. The van der Waals surface area contributed by atoms with Crippen molar-refractivity contribution in [2.24, 2.45) is 11.8 Å². The summed E-state index contributed by atoms with van der Waals surface area (Å²) in [6.45, 7) is 5.02. The van der Waals surface area contributed by atoms with Crippen LogP contribution < -0.4 is 0 Å². The molecule has 1 aromatic carbocycles. The summed E-state index contributed by atoms with van der Waals surface area (Å²) in [4.78, 5) is 17.4. The molecule has 4 nitrogen and oxygen atoms in total. The van der Waals surface area contributed by atoms with Crippen molar-refractivity contribution in [1.82, 2.24) is 9.80 Å². The molecule has 4 heteroatoms. The normalized spacial score (nSPS) is 26.6. The lowest BCUT2D eigenvalue weighted by molar-refractivity contribution is -0.140. The maximum Gasteiger partial charge on any atom is 0.227 e. The molecule has 2 atom stereocenters. The topological polar surface area (TPSA) is 43.8 Å². The maximum absolute atomic E-state index is 13.2. The number of carbonyl (C=O) groups is 1. The number of benzene rings is 1.